The van der Waals surface area contributed by atoms with Crippen molar-refractivity contribution in [3.63, 3.8) is 0 Å². The lowest BCUT2D eigenvalue weighted by atomic mass is 10.1. The molecule has 0 spiro atoms. The molecular formula is C13H26N2O2S. The van der Waals surface area contributed by atoms with E-state index in [0.717, 1.165) is 19.5 Å². The maximum atomic E-state index is 12.1. The van der Waals surface area contributed by atoms with E-state index in [1.54, 1.807) is 11.4 Å². The summed E-state index contributed by atoms with van der Waals surface area (Å²) >= 11 is 0. The summed E-state index contributed by atoms with van der Waals surface area (Å²) < 4.78 is 25.7. The van der Waals surface area contributed by atoms with Crippen molar-refractivity contribution in [2.75, 3.05) is 25.9 Å². The average Bonchev–Trinajstić information content (AvgIpc) is 3.01. The Morgan fingerprint density at radius 2 is 1.83 bits per heavy atom. The second-order valence-electron chi connectivity index (χ2n) is 5.83. The van der Waals surface area contributed by atoms with Gasteiger partial charge in [0.25, 0.3) is 0 Å². The summed E-state index contributed by atoms with van der Waals surface area (Å²) in [7, 11) is -1.29. The van der Waals surface area contributed by atoms with Crippen LogP contribution in [0.3, 0.4) is 0 Å². The zero-order chi connectivity index (χ0) is 13.0. The maximum Gasteiger partial charge on any atom is 0.213 e. The van der Waals surface area contributed by atoms with Crippen molar-refractivity contribution in [1.29, 1.82) is 0 Å². The van der Waals surface area contributed by atoms with E-state index in [2.05, 4.69) is 5.32 Å². The van der Waals surface area contributed by atoms with E-state index in [0.29, 0.717) is 12.0 Å². The van der Waals surface area contributed by atoms with Crippen LogP contribution in [0, 0.1) is 5.92 Å². The fraction of sp³-hybridized carbons (Fsp3) is 1.00. The van der Waals surface area contributed by atoms with Gasteiger partial charge in [0.1, 0.15) is 0 Å². The topological polar surface area (TPSA) is 49.4 Å². The van der Waals surface area contributed by atoms with Crippen molar-refractivity contribution >= 4 is 10.0 Å². The summed E-state index contributed by atoms with van der Waals surface area (Å²) in [6.07, 6.45) is 8.18. The molecule has 0 saturated heterocycles. The number of rotatable bonds is 8. The molecule has 0 aliphatic heterocycles. The zero-order valence-corrected chi connectivity index (χ0v) is 12.2. The molecule has 0 bridgehead atoms. The molecule has 0 heterocycles. The van der Waals surface area contributed by atoms with Gasteiger partial charge >= 0.3 is 0 Å². The normalized spacial score (nSPS) is 21.9. The van der Waals surface area contributed by atoms with Crippen LogP contribution >= 0.6 is 0 Å². The van der Waals surface area contributed by atoms with Crippen LogP contribution in [-0.2, 0) is 10.0 Å². The van der Waals surface area contributed by atoms with E-state index < -0.39 is 10.0 Å². The van der Waals surface area contributed by atoms with Gasteiger partial charge in [0, 0.05) is 19.6 Å². The molecule has 0 unspecified atom stereocenters. The molecule has 0 atom stereocenters. The standard InChI is InChI=1S/C13H26N2O2S/c1-15(11-12-5-2-3-6-12)18(16,17)10-4-9-14-13-7-8-13/h12-14H,2-11H2,1H3. The van der Waals surface area contributed by atoms with Gasteiger partial charge in [-0.15, -0.1) is 0 Å². The highest BCUT2D eigenvalue weighted by Crippen LogP contribution is 2.25. The number of nitrogens with zero attached hydrogens (tertiary/aromatic N) is 1. The monoisotopic (exact) mass is 274 g/mol. The van der Waals surface area contributed by atoms with Gasteiger partial charge in [-0.1, -0.05) is 12.8 Å². The number of nitrogens with one attached hydrogen (secondary N) is 1. The molecule has 4 nitrogen and oxygen atoms in total. The van der Waals surface area contributed by atoms with E-state index >= 15 is 0 Å². The van der Waals surface area contributed by atoms with E-state index in [-0.39, 0.29) is 5.75 Å². The first kappa shape index (κ1) is 14.3. The predicted molar refractivity (Wildman–Crippen MR) is 74.0 cm³/mol. The van der Waals surface area contributed by atoms with Crippen LogP contribution in [-0.4, -0.2) is 44.7 Å². The molecule has 1 N–H and O–H groups in total. The smallest absolute Gasteiger partial charge is 0.213 e. The SMILES string of the molecule is CN(CC1CCCC1)S(=O)(=O)CCCNC1CC1. The van der Waals surface area contributed by atoms with Crippen molar-refractivity contribution in [3.05, 3.63) is 0 Å². The lowest BCUT2D eigenvalue weighted by Gasteiger charge is -2.20. The summed E-state index contributed by atoms with van der Waals surface area (Å²) in [5, 5.41) is 3.36. The Kier molecular flexibility index (Phi) is 5.04. The fourth-order valence-corrected chi connectivity index (χ4v) is 3.93. The molecule has 0 aromatic heterocycles. The first-order valence-corrected chi connectivity index (χ1v) is 8.86. The highest BCUT2D eigenvalue weighted by molar-refractivity contribution is 7.89. The van der Waals surface area contributed by atoms with Gasteiger partial charge in [0.05, 0.1) is 5.75 Å². The Bertz CT molecular complexity index is 346. The Morgan fingerprint density at radius 3 is 2.44 bits per heavy atom. The summed E-state index contributed by atoms with van der Waals surface area (Å²) in [5.74, 6) is 0.880. The minimum absolute atomic E-state index is 0.288. The third kappa shape index (κ3) is 4.52. The van der Waals surface area contributed by atoms with Crippen molar-refractivity contribution in [1.82, 2.24) is 9.62 Å². The highest BCUT2D eigenvalue weighted by atomic mass is 32.2. The van der Waals surface area contributed by atoms with E-state index in [1.807, 2.05) is 0 Å². The number of sulfonamides is 1. The summed E-state index contributed by atoms with van der Waals surface area (Å²) in [6, 6.07) is 0.670. The molecule has 2 rings (SSSR count). The third-order valence-corrected chi connectivity index (χ3v) is 5.96. The van der Waals surface area contributed by atoms with E-state index in [9.17, 15) is 8.42 Å². The molecule has 2 fully saturated rings. The summed E-state index contributed by atoms with van der Waals surface area (Å²) in [6.45, 7) is 1.56. The summed E-state index contributed by atoms with van der Waals surface area (Å²) in [4.78, 5) is 0. The van der Waals surface area contributed by atoms with E-state index in [4.69, 9.17) is 0 Å². The molecule has 2 aliphatic carbocycles. The third-order valence-electron chi connectivity index (χ3n) is 4.05. The first-order valence-electron chi connectivity index (χ1n) is 7.25. The quantitative estimate of drug-likeness (QED) is 0.684. The molecule has 0 aromatic carbocycles. The predicted octanol–water partition coefficient (Wildman–Crippen LogP) is 1.58. The number of hydrogen-bond acceptors (Lipinski definition) is 3. The van der Waals surface area contributed by atoms with E-state index in [1.165, 1.54) is 38.5 Å². The van der Waals surface area contributed by atoms with Gasteiger partial charge < -0.3 is 5.32 Å². The fourth-order valence-electron chi connectivity index (χ4n) is 2.67. The van der Waals surface area contributed by atoms with Crippen LogP contribution in [0.15, 0.2) is 0 Å². The van der Waals surface area contributed by atoms with Crippen LogP contribution in [0.2, 0.25) is 0 Å². The zero-order valence-electron chi connectivity index (χ0n) is 11.4. The van der Waals surface area contributed by atoms with Crippen molar-refractivity contribution in [2.24, 2.45) is 5.92 Å². The minimum Gasteiger partial charge on any atom is -0.314 e. The molecule has 0 amide bonds. The first-order chi connectivity index (χ1) is 8.58. The Hall–Kier alpha value is -0.130. The maximum absolute atomic E-state index is 12.1. The van der Waals surface area contributed by atoms with Gasteiger partial charge in [-0.3, -0.25) is 0 Å². The molecule has 2 aliphatic rings. The van der Waals surface area contributed by atoms with Crippen LogP contribution in [0.1, 0.15) is 44.9 Å². The van der Waals surface area contributed by atoms with Crippen LogP contribution in [0.25, 0.3) is 0 Å². The highest BCUT2D eigenvalue weighted by Gasteiger charge is 2.24. The molecule has 0 aromatic rings. The molecule has 2 saturated carbocycles. The summed E-state index contributed by atoms with van der Waals surface area (Å²) in [5.41, 5.74) is 0. The van der Waals surface area contributed by atoms with Crippen LogP contribution in [0.4, 0.5) is 0 Å². The van der Waals surface area contributed by atoms with Gasteiger partial charge in [-0.2, -0.15) is 0 Å². The molecule has 5 heteroatoms. The van der Waals surface area contributed by atoms with Gasteiger partial charge in [0.15, 0.2) is 0 Å². The molecule has 0 radical (unpaired) electrons. The largest absolute Gasteiger partial charge is 0.314 e. The van der Waals surface area contributed by atoms with Gasteiger partial charge in [-0.25, -0.2) is 12.7 Å². The van der Waals surface area contributed by atoms with Gasteiger partial charge in [0.2, 0.25) is 10.0 Å². The molecular weight excluding hydrogens is 248 g/mol. The van der Waals surface area contributed by atoms with Crippen LogP contribution < -0.4 is 5.32 Å². The molecule has 18 heavy (non-hydrogen) atoms. The molecule has 106 valence electrons. The second-order valence-corrected chi connectivity index (χ2v) is 8.02. The lowest BCUT2D eigenvalue weighted by Crippen LogP contribution is -2.34. The average molecular weight is 274 g/mol. The van der Waals surface area contributed by atoms with Crippen molar-refractivity contribution in [3.8, 4) is 0 Å². The lowest BCUT2D eigenvalue weighted by molar-refractivity contribution is 0.386. The van der Waals surface area contributed by atoms with Crippen LogP contribution in [0.5, 0.6) is 0 Å². The van der Waals surface area contributed by atoms with Crippen molar-refractivity contribution < 1.29 is 8.42 Å². The van der Waals surface area contributed by atoms with Gasteiger partial charge in [-0.05, 0) is 44.6 Å². The second kappa shape index (κ2) is 6.35. The number of hydrogen-bond donors (Lipinski definition) is 1. The Balaban J connectivity index is 1.66. The Morgan fingerprint density at radius 1 is 1.17 bits per heavy atom. The van der Waals surface area contributed by atoms with Crippen molar-refractivity contribution in [2.45, 2.75) is 51.0 Å². The minimum atomic E-state index is -3.03. The Labute approximate surface area is 111 Å².